The SMILES string of the molecule is CCC(=O)N(c1ccc(F)cc1Cl)S(C)(=O)=O. The summed E-state index contributed by atoms with van der Waals surface area (Å²) in [4.78, 5) is 11.6. The van der Waals surface area contributed by atoms with Crippen LogP contribution in [-0.4, -0.2) is 20.6 Å². The maximum Gasteiger partial charge on any atom is 0.240 e. The van der Waals surface area contributed by atoms with E-state index in [-0.39, 0.29) is 17.1 Å². The van der Waals surface area contributed by atoms with Crippen molar-refractivity contribution in [3.63, 3.8) is 0 Å². The number of hydrogen-bond acceptors (Lipinski definition) is 3. The molecule has 0 aliphatic rings. The van der Waals surface area contributed by atoms with Gasteiger partial charge in [0.15, 0.2) is 0 Å². The Hall–Kier alpha value is -1.14. The largest absolute Gasteiger partial charge is 0.273 e. The smallest absolute Gasteiger partial charge is 0.240 e. The standard InChI is InChI=1S/C10H11ClFNO3S/c1-3-10(14)13(17(2,15)16)9-5-4-7(12)6-8(9)11/h4-6H,3H2,1-2H3. The van der Waals surface area contributed by atoms with Crippen molar-refractivity contribution < 1.29 is 17.6 Å². The number of rotatable bonds is 3. The number of benzene rings is 1. The second kappa shape index (κ2) is 5.01. The van der Waals surface area contributed by atoms with Crippen LogP contribution in [0.3, 0.4) is 0 Å². The zero-order valence-corrected chi connectivity index (χ0v) is 10.8. The first-order chi connectivity index (χ1) is 7.77. The molecule has 0 atom stereocenters. The van der Waals surface area contributed by atoms with Crippen LogP contribution in [0.2, 0.25) is 5.02 Å². The van der Waals surface area contributed by atoms with Gasteiger partial charge in [0.1, 0.15) is 5.82 Å². The van der Waals surface area contributed by atoms with E-state index < -0.39 is 21.7 Å². The molecule has 0 saturated heterocycles. The molecular formula is C10H11ClFNO3S. The number of hydrogen-bond donors (Lipinski definition) is 0. The van der Waals surface area contributed by atoms with Crippen LogP contribution < -0.4 is 4.31 Å². The predicted octanol–water partition coefficient (Wildman–Crippen LogP) is 2.18. The number of carbonyl (C=O) groups is 1. The summed E-state index contributed by atoms with van der Waals surface area (Å²) in [6.07, 6.45) is 0.890. The minimum atomic E-state index is -3.79. The molecule has 0 unspecified atom stereocenters. The van der Waals surface area contributed by atoms with Gasteiger partial charge in [-0.2, -0.15) is 0 Å². The summed E-state index contributed by atoms with van der Waals surface area (Å²) in [5, 5.41) is -0.128. The summed E-state index contributed by atoms with van der Waals surface area (Å²) in [6.45, 7) is 1.53. The lowest BCUT2D eigenvalue weighted by molar-refractivity contribution is -0.117. The van der Waals surface area contributed by atoms with Gasteiger partial charge in [-0.1, -0.05) is 18.5 Å². The van der Waals surface area contributed by atoms with Gasteiger partial charge >= 0.3 is 0 Å². The van der Waals surface area contributed by atoms with Crippen molar-refractivity contribution >= 4 is 33.2 Å². The van der Waals surface area contributed by atoms with Crippen LogP contribution in [0, 0.1) is 5.82 Å². The Labute approximate surface area is 104 Å². The van der Waals surface area contributed by atoms with Crippen LogP contribution in [0.5, 0.6) is 0 Å². The Balaban J connectivity index is 3.38. The summed E-state index contributed by atoms with van der Waals surface area (Å²) in [6, 6.07) is 3.16. The van der Waals surface area contributed by atoms with Crippen molar-refractivity contribution in [1.82, 2.24) is 0 Å². The lowest BCUT2D eigenvalue weighted by Gasteiger charge is -2.20. The molecule has 0 radical (unpaired) electrons. The topological polar surface area (TPSA) is 54.5 Å². The van der Waals surface area contributed by atoms with Crippen LogP contribution >= 0.6 is 11.6 Å². The molecule has 17 heavy (non-hydrogen) atoms. The Morgan fingerprint density at radius 1 is 1.47 bits per heavy atom. The highest BCUT2D eigenvalue weighted by Gasteiger charge is 2.25. The number of carbonyl (C=O) groups excluding carboxylic acids is 1. The number of nitrogens with zero attached hydrogens (tertiary/aromatic N) is 1. The Morgan fingerprint density at radius 3 is 2.47 bits per heavy atom. The van der Waals surface area contributed by atoms with Crippen molar-refractivity contribution in [1.29, 1.82) is 0 Å². The van der Waals surface area contributed by atoms with Crippen molar-refractivity contribution in [2.75, 3.05) is 10.6 Å². The number of amides is 1. The number of sulfonamides is 1. The average Bonchev–Trinajstić information content (AvgIpc) is 2.19. The molecule has 1 aromatic rings. The molecule has 0 spiro atoms. The fourth-order valence-corrected chi connectivity index (χ4v) is 2.60. The minimum Gasteiger partial charge on any atom is -0.273 e. The Bertz CT molecular complexity index is 544. The number of halogens is 2. The number of anilines is 1. The van der Waals surface area contributed by atoms with Gasteiger partial charge in [0.25, 0.3) is 0 Å². The minimum absolute atomic E-state index is 0.000769. The van der Waals surface area contributed by atoms with Gasteiger partial charge in [-0.3, -0.25) is 4.79 Å². The van der Waals surface area contributed by atoms with E-state index >= 15 is 0 Å². The van der Waals surface area contributed by atoms with Crippen molar-refractivity contribution in [2.45, 2.75) is 13.3 Å². The van der Waals surface area contributed by atoms with E-state index in [1.54, 1.807) is 0 Å². The Kier molecular flexibility index (Phi) is 4.11. The average molecular weight is 280 g/mol. The first kappa shape index (κ1) is 13.9. The van der Waals surface area contributed by atoms with E-state index in [1.165, 1.54) is 6.92 Å². The molecule has 0 bridgehead atoms. The van der Waals surface area contributed by atoms with Crippen molar-refractivity contribution in [3.05, 3.63) is 29.0 Å². The van der Waals surface area contributed by atoms with Gasteiger partial charge in [-0.15, -0.1) is 0 Å². The van der Waals surface area contributed by atoms with Crippen LogP contribution in [0.15, 0.2) is 18.2 Å². The predicted molar refractivity (Wildman–Crippen MR) is 64.0 cm³/mol. The lowest BCUT2D eigenvalue weighted by atomic mass is 10.3. The molecule has 0 heterocycles. The van der Waals surface area contributed by atoms with E-state index in [0.29, 0.717) is 4.31 Å². The molecule has 0 saturated carbocycles. The second-order valence-electron chi connectivity index (χ2n) is 3.37. The van der Waals surface area contributed by atoms with E-state index in [4.69, 9.17) is 11.6 Å². The third kappa shape index (κ3) is 3.17. The molecule has 1 amide bonds. The van der Waals surface area contributed by atoms with E-state index in [1.807, 2.05) is 0 Å². The van der Waals surface area contributed by atoms with Gasteiger partial charge in [0, 0.05) is 6.42 Å². The molecule has 0 aliphatic carbocycles. The second-order valence-corrected chi connectivity index (χ2v) is 5.61. The van der Waals surface area contributed by atoms with E-state index in [9.17, 15) is 17.6 Å². The van der Waals surface area contributed by atoms with Crippen LogP contribution in [-0.2, 0) is 14.8 Å². The fourth-order valence-electron chi connectivity index (χ4n) is 1.29. The van der Waals surface area contributed by atoms with E-state index in [2.05, 4.69) is 0 Å². The summed E-state index contributed by atoms with van der Waals surface area (Å²) >= 11 is 5.73. The monoisotopic (exact) mass is 279 g/mol. The van der Waals surface area contributed by atoms with Gasteiger partial charge in [-0.25, -0.2) is 17.1 Å². The van der Waals surface area contributed by atoms with Crippen LogP contribution in [0.25, 0.3) is 0 Å². The zero-order valence-electron chi connectivity index (χ0n) is 9.28. The maximum absolute atomic E-state index is 12.9. The third-order valence-corrected chi connectivity index (χ3v) is 3.36. The first-order valence-electron chi connectivity index (χ1n) is 4.75. The van der Waals surface area contributed by atoms with Gasteiger partial charge in [0.05, 0.1) is 17.0 Å². The van der Waals surface area contributed by atoms with Crippen molar-refractivity contribution in [3.8, 4) is 0 Å². The van der Waals surface area contributed by atoms with Gasteiger partial charge in [-0.05, 0) is 18.2 Å². The quantitative estimate of drug-likeness (QED) is 0.852. The Morgan fingerprint density at radius 2 is 2.06 bits per heavy atom. The third-order valence-electron chi connectivity index (χ3n) is 1.99. The summed E-state index contributed by atoms with van der Waals surface area (Å²) in [5.74, 6) is -1.22. The summed E-state index contributed by atoms with van der Waals surface area (Å²) in [7, 11) is -3.79. The molecule has 7 heteroatoms. The van der Waals surface area contributed by atoms with Crippen molar-refractivity contribution in [2.24, 2.45) is 0 Å². The molecule has 94 valence electrons. The molecule has 4 nitrogen and oxygen atoms in total. The highest BCUT2D eigenvalue weighted by atomic mass is 35.5. The molecule has 0 fully saturated rings. The summed E-state index contributed by atoms with van der Waals surface area (Å²) < 4.78 is 36.5. The molecule has 0 aromatic heterocycles. The normalized spacial score (nSPS) is 11.3. The van der Waals surface area contributed by atoms with Gasteiger partial charge in [0.2, 0.25) is 15.9 Å². The maximum atomic E-state index is 12.9. The van der Waals surface area contributed by atoms with Crippen LogP contribution in [0.1, 0.15) is 13.3 Å². The fraction of sp³-hybridized carbons (Fsp3) is 0.300. The van der Waals surface area contributed by atoms with E-state index in [0.717, 1.165) is 24.5 Å². The molecule has 0 N–H and O–H groups in total. The molecule has 0 aliphatic heterocycles. The highest BCUT2D eigenvalue weighted by molar-refractivity contribution is 7.92. The molecule has 1 aromatic carbocycles. The highest BCUT2D eigenvalue weighted by Crippen LogP contribution is 2.28. The lowest BCUT2D eigenvalue weighted by Crippen LogP contribution is -2.35. The zero-order chi connectivity index (χ0) is 13.2. The van der Waals surface area contributed by atoms with Crippen LogP contribution in [0.4, 0.5) is 10.1 Å². The first-order valence-corrected chi connectivity index (χ1v) is 6.98. The molecular weight excluding hydrogens is 269 g/mol. The molecule has 1 rings (SSSR count). The van der Waals surface area contributed by atoms with Gasteiger partial charge < -0.3 is 0 Å². The summed E-state index contributed by atoms with van der Waals surface area (Å²) in [5.41, 5.74) is -0.0394.